The van der Waals surface area contributed by atoms with Crippen molar-refractivity contribution in [3.8, 4) is 21.9 Å². The van der Waals surface area contributed by atoms with Crippen molar-refractivity contribution in [2.45, 2.75) is 12.5 Å². The second kappa shape index (κ2) is 8.30. The van der Waals surface area contributed by atoms with Crippen LogP contribution in [0, 0.1) is 10.1 Å². The highest BCUT2D eigenvalue weighted by Crippen LogP contribution is 2.34. The van der Waals surface area contributed by atoms with Gasteiger partial charge in [-0.2, -0.15) is 0 Å². The van der Waals surface area contributed by atoms with Crippen LogP contribution in [0.1, 0.15) is 6.42 Å². The second-order valence-corrected chi connectivity index (χ2v) is 8.85. The van der Waals surface area contributed by atoms with E-state index in [2.05, 4.69) is 9.88 Å². The summed E-state index contributed by atoms with van der Waals surface area (Å²) in [5, 5.41) is 20.7. The van der Waals surface area contributed by atoms with E-state index in [1.807, 2.05) is 18.2 Å². The van der Waals surface area contributed by atoms with E-state index in [-0.39, 0.29) is 17.4 Å². The van der Waals surface area contributed by atoms with Crippen molar-refractivity contribution in [1.29, 1.82) is 0 Å². The predicted octanol–water partition coefficient (Wildman–Crippen LogP) is 3.60. The van der Waals surface area contributed by atoms with Crippen molar-refractivity contribution in [3.05, 3.63) is 75.3 Å². The third-order valence-corrected chi connectivity index (χ3v) is 6.91. The fourth-order valence-corrected chi connectivity index (χ4v) is 5.07. The number of benzene rings is 2. The summed E-state index contributed by atoms with van der Waals surface area (Å²) in [6, 6.07) is 13.6. The third-order valence-electron chi connectivity index (χ3n) is 5.75. The number of β-amino-alcohol motifs (C(OH)–C–C–N with tert-alkyl or cyclic N) is 1. The number of aliphatic hydroxyl groups is 1. The summed E-state index contributed by atoms with van der Waals surface area (Å²) >= 11 is 1.30. The molecular weight excluding hydrogens is 444 g/mol. The lowest BCUT2D eigenvalue weighted by Gasteiger charge is -2.21. The Morgan fingerprint density at radius 1 is 1.21 bits per heavy atom. The Morgan fingerprint density at radius 3 is 2.67 bits per heavy atom. The number of aromatic nitrogens is 2. The van der Waals surface area contributed by atoms with Crippen molar-refractivity contribution in [3.63, 3.8) is 0 Å². The monoisotopic (exact) mass is 464 g/mol. The minimum absolute atomic E-state index is 0.0150. The molecule has 0 amide bonds. The number of hydrogen-bond donors (Lipinski definition) is 1. The summed E-state index contributed by atoms with van der Waals surface area (Å²) in [7, 11) is 1.58. The largest absolute Gasteiger partial charge is 0.495 e. The first-order chi connectivity index (χ1) is 15.9. The lowest BCUT2D eigenvalue weighted by atomic mass is 10.2. The number of non-ortho nitro benzene ring substituents is 1. The van der Waals surface area contributed by atoms with E-state index in [1.165, 1.54) is 34.4 Å². The number of nitro groups is 1. The normalized spacial score (nSPS) is 15.8. The number of rotatable bonds is 5. The van der Waals surface area contributed by atoms with Crippen molar-refractivity contribution in [2.75, 3.05) is 25.1 Å². The van der Waals surface area contributed by atoms with Crippen molar-refractivity contribution in [2.24, 2.45) is 0 Å². The Morgan fingerprint density at radius 2 is 2.00 bits per heavy atom. The van der Waals surface area contributed by atoms with Gasteiger partial charge in [0.2, 0.25) is 0 Å². The highest BCUT2D eigenvalue weighted by molar-refractivity contribution is 7.22. The van der Waals surface area contributed by atoms with Gasteiger partial charge in [0, 0.05) is 36.2 Å². The molecular formula is C23H20N4O5S. The smallest absolute Gasteiger partial charge is 0.275 e. The maximum Gasteiger partial charge on any atom is 0.275 e. The molecule has 0 radical (unpaired) electrons. The summed E-state index contributed by atoms with van der Waals surface area (Å²) in [4.78, 5) is 31.0. The van der Waals surface area contributed by atoms with E-state index in [1.54, 1.807) is 25.3 Å². The molecule has 1 atom stereocenters. The molecule has 0 saturated carbocycles. The Kier molecular flexibility index (Phi) is 5.31. The van der Waals surface area contributed by atoms with Gasteiger partial charge in [0.1, 0.15) is 16.8 Å². The average Bonchev–Trinajstić information content (AvgIpc) is 3.46. The van der Waals surface area contributed by atoms with Crippen molar-refractivity contribution < 1.29 is 14.8 Å². The molecule has 33 heavy (non-hydrogen) atoms. The number of nitro benzene ring substituents is 1. The zero-order valence-electron chi connectivity index (χ0n) is 17.7. The van der Waals surface area contributed by atoms with Crippen LogP contribution in [0.4, 0.5) is 11.4 Å². The van der Waals surface area contributed by atoms with E-state index < -0.39 is 4.92 Å². The van der Waals surface area contributed by atoms with Gasteiger partial charge in [0.15, 0.2) is 0 Å². The van der Waals surface area contributed by atoms with Gasteiger partial charge in [-0.1, -0.05) is 0 Å². The quantitative estimate of drug-likeness (QED) is 0.355. The lowest BCUT2D eigenvalue weighted by molar-refractivity contribution is -0.384. The van der Waals surface area contributed by atoms with Gasteiger partial charge in [-0.15, -0.1) is 11.3 Å². The molecule has 0 bridgehead atoms. The van der Waals surface area contributed by atoms with E-state index in [0.29, 0.717) is 34.6 Å². The molecule has 1 N–H and O–H groups in total. The Balaban J connectivity index is 1.52. The topological polar surface area (TPSA) is 111 Å². The van der Waals surface area contributed by atoms with Gasteiger partial charge >= 0.3 is 0 Å². The molecule has 2 aromatic carbocycles. The van der Waals surface area contributed by atoms with Crippen LogP contribution in [0.25, 0.3) is 26.3 Å². The lowest BCUT2D eigenvalue weighted by Crippen LogP contribution is -2.22. The molecule has 10 heteroatoms. The number of hydrogen-bond acceptors (Lipinski definition) is 8. The molecule has 4 aromatic rings. The zero-order valence-corrected chi connectivity index (χ0v) is 18.5. The van der Waals surface area contributed by atoms with E-state index in [0.717, 1.165) is 22.7 Å². The van der Waals surface area contributed by atoms with E-state index in [4.69, 9.17) is 4.74 Å². The molecule has 0 aliphatic carbocycles. The van der Waals surface area contributed by atoms with Gasteiger partial charge in [0.25, 0.3) is 11.2 Å². The molecule has 0 unspecified atom stereocenters. The molecule has 1 saturated heterocycles. The number of aliphatic hydroxyl groups excluding tert-OH is 1. The fourth-order valence-electron chi connectivity index (χ4n) is 4.02. The summed E-state index contributed by atoms with van der Waals surface area (Å²) in [6.45, 7) is 1.29. The number of anilines is 1. The molecule has 0 spiro atoms. The highest BCUT2D eigenvalue weighted by Gasteiger charge is 2.23. The molecule has 1 aliphatic rings. The van der Waals surface area contributed by atoms with Crippen LogP contribution in [-0.4, -0.2) is 45.9 Å². The standard InChI is InChI=1S/C23H20N4O5S/c1-32-20-10-16(6-7-19(20)25-9-8-17(28)12-25)26-13-24-18-11-21(33-22(18)23(26)29)14-2-4-15(5-3-14)27(30)31/h2-7,10-11,13,17,28H,8-9,12H2,1H3/t17-/m1/s1. The van der Waals surface area contributed by atoms with Crippen LogP contribution in [0.2, 0.25) is 0 Å². The summed E-state index contributed by atoms with van der Waals surface area (Å²) in [5.74, 6) is 0.617. The van der Waals surface area contributed by atoms with Crippen LogP contribution in [-0.2, 0) is 0 Å². The maximum atomic E-state index is 13.3. The first-order valence-electron chi connectivity index (χ1n) is 10.3. The SMILES string of the molecule is COc1cc(-n2cnc3cc(-c4ccc([N+](=O)[O-])cc4)sc3c2=O)ccc1N1CC[C@@H](O)C1. The van der Waals surface area contributed by atoms with Crippen LogP contribution in [0.3, 0.4) is 0 Å². The van der Waals surface area contributed by atoms with Gasteiger partial charge in [-0.3, -0.25) is 19.5 Å². The Hall–Kier alpha value is -3.76. The Labute approximate surface area is 192 Å². The summed E-state index contributed by atoms with van der Waals surface area (Å²) in [6.07, 6.45) is 1.85. The minimum atomic E-state index is -0.444. The van der Waals surface area contributed by atoms with Gasteiger partial charge in [-0.25, -0.2) is 4.98 Å². The number of nitrogens with zero attached hydrogens (tertiary/aromatic N) is 4. The number of fused-ring (bicyclic) bond motifs is 1. The summed E-state index contributed by atoms with van der Waals surface area (Å²) in [5.41, 5.74) is 2.67. The Bertz CT molecular complexity index is 1410. The second-order valence-electron chi connectivity index (χ2n) is 7.79. The summed E-state index contributed by atoms with van der Waals surface area (Å²) < 4.78 is 7.54. The molecule has 9 nitrogen and oxygen atoms in total. The molecule has 1 fully saturated rings. The van der Waals surface area contributed by atoms with Gasteiger partial charge in [0.05, 0.1) is 35.0 Å². The van der Waals surface area contributed by atoms with Crippen molar-refractivity contribution >= 4 is 32.9 Å². The number of thiophene rings is 1. The van der Waals surface area contributed by atoms with Gasteiger partial charge < -0.3 is 14.7 Å². The third kappa shape index (κ3) is 3.83. The number of ether oxygens (including phenoxy) is 1. The van der Waals surface area contributed by atoms with Crippen molar-refractivity contribution in [1.82, 2.24) is 9.55 Å². The zero-order chi connectivity index (χ0) is 23.1. The van der Waals surface area contributed by atoms with Crippen LogP contribution < -0.4 is 15.2 Å². The van der Waals surface area contributed by atoms with Crippen LogP contribution >= 0.6 is 11.3 Å². The van der Waals surface area contributed by atoms with E-state index in [9.17, 15) is 20.0 Å². The maximum absolute atomic E-state index is 13.3. The van der Waals surface area contributed by atoms with E-state index >= 15 is 0 Å². The number of methoxy groups -OCH3 is 1. The molecule has 5 rings (SSSR count). The minimum Gasteiger partial charge on any atom is -0.495 e. The molecule has 2 aromatic heterocycles. The van der Waals surface area contributed by atoms with Crippen LogP contribution in [0.15, 0.2) is 59.7 Å². The first kappa shape index (κ1) is 21.1. The van der Waals surface area contributed by atoms with Crippen LogP contribution in [0.5, 0.6) is 5.75 Å². The average molecular weight is 465 g/mol. The molecule has 1 aliphatic heterocycles. The van der Waals surface area contributed by atoms with Gasteiger partial charge in [-0.05, 0) is 42.3 Å². The predicted molar refractivity (Wildman–Crippen MR) is 127 cm³/mol. The highest BCUT2D eigenvalue weighted by atomic mass is 32.1. The molecule has 168 valence electrons. The molecule has 3 heterocycles. The first-order valence-corrected chi connectivity index (χ1v) is 11.1. The fraction of sp³-hybridized carbons (Fsp3) is 0.217.